The van der Waals surface area contributed by atoms with E-state index in [-0.39, 0.29) is 0 Å². The van der Waals surface area contributed by atoms with E-state index in [4.69, 9.17) is 0 Å². The lowest BCUT2D eigenvalue weighted by atomic mass is 10.3. The highest BCUT2D eigenvalue weighted by molar-refractivity contribution is 9.10. The predicted molar refractivity (Wildman–Crippen MR) is 75.6 cm³/mol. The van der Waals surface area contributed by atoms with Gasteiger partial charge in [-0.3, -0.25) is 0 Å². The minimum atomic E-state index is 0.891. The molecule has 0 amide bonds. The molecule has 0 saturated carbocycles. The van der Waals surface area contributed by atoms with Gasteiger partial charge < -0.3 is 4.57 Å². The number of para-hydroxylation sites is 2. The Morgan fingerprint density at radius 3 is 2.94 bits per heavy atom. The molecule has 0 aliphatic rings. The number of nitrogens with zero attached hydrogens (tertiary/aromatic N) is 2. The molecular formula is C13H11BrN2S. The molecule has 3 aromatic rings. The van der Waals surface area contributed by atoms with E-state index in [1.807, 2.05) is 6.07 Å². The molecule has 2 nitrogen and oxygen atoms in total. The van der Waals surface area contributed by atoms with E-state index in [0.717, 1.165) is 22.4 Å². The van der Waals surface area contributed by atoms with Gasteiger partial charge in [-0.15, -0.1) is 11.3 Å². The van der Waals surface area contributed by atoms with Crippen LogP contribution in [0.2, 0.25) is 0 Å². The summed E-state index contributed by atoms with van der Waals surface area (Å²) >= 11 is 5.26. The monoisotopic (exact) mass is 306 g/mol. The molecular weight excluding hydrogens is 296 g/mol. The molecule has 4 heteroatoms. The van der Waals surface area contributed by atoms with Crippen LogP contribution in [0.15, 0.2) is 40.2 Å². The average Bonchev–Trinajstić information content (AvgIpc) is 2.85. The standard InChI is InChI=1S/C13H11BrN2S/c1-9-15-12-4-2-3-5-13(12)16(9)7-11-6-10(14)8-17-11/h2-6,8H,7H2,1H3. The lowest BCUT2D eigenvalue weighted by Gasteiger charge is -2.04. The molecule has 0 atom stereocenters. The van der Waals surface area contributed by atoms with Gasteiger partial charge in [-0.2, -0.15) is 0 Å². The number of rotatable bonds is 2. The highest BCUT2D eigenvalue weighted by Gasteiger charge is 2.07. The SMILES string of the molecule is Cc1nc2ccccc2n1Cc1cc(Br)cs1. The van der Waals surface area contributed by atoms with Gasteiger partial charge in [-0.25, -0.2) is 4.98 Å². The second-order valence-electron chi connectivity index (χ2n) is 3.97. The Labute approximate surface area is 112 Å². The summed E-state index contributed by atoms with van der Waals surface area (Å²) in [5.74, 6) is 1.07. The van der Waals surface area contributed by atoms with Gasteiger partial charge in [0.25, 0.3) is 0 Å². The van der Waals surface area contributed by atoms with Crippen LogP contribution in [0, 0.1) is 6.92 Å². The molecule has 3 rings (SSSR count). The molecule has 0 fully saturated rings. The molecule has 0 unspecified atom stereocenters. The zero-order valence-corrected chi connectivity index (χ0v) is 11.8. The van der Waals surface area contributed by atoms with Crippen molar-refractivity contribution in [2.75, 3.05) is 0 Å². The van der Waals surface area contributed by atoms with Crippen LogP contribution in [0.4, 0.5) is 0 Å². The smallest absolute Gasteiger partial charge is 0.107 e. The maximum atomic E-state index is 4.57. The van der Waals surface area contributed by atoms with Gasteiger partial charge in [0.05, 0.1) is 17.6 Å². The van der Waals surface area contributed by atoms with Crippen LogP contribution < -0.4 is 0 Å². The Kier molecular flexibility index (Phi) is 2.76. The molecule has 0 radical (unpaired) electrons. The van der Waals surface area contributed by atoms with Crippen LogP contribution in [0.25, 0.3) is 11.0 Å². The van der Waals surface area contributed by atoms with E-state index in [1.54, 1.807) is 11.3 Å². The van der Waals surface area contributed by atoms with E-state index >= 15 is 0 Å². The van der Waals surface area contributed by atoms with Crippen LogP contribution in [0.3, 0.4) is 0 Å². The molecule has 0 N–H and O–H groups in total. The summed E-state index contributed by atoms with van der Waals surface area (Å²) in [7, 11) is 0. The molecule has 1 aromatic carbocycles. The third kappa shape index (κ3) is 2.03. The number of hydrogen-bond donors (Lipinski definition) is 0. The summed E-state index contributed by atoms with van der Waals surface area (Å²) in [4.78, 5) is 5.91. The lowest BCUT2D eigenvalue weighted by Crippen LogP contribution is -1.99. The average molecular weight is 307 g/mol. The number of aromatic nitrogens is 2. The number of halogens is 1. The molecule has 2 aromatic heterocycles. The highest BCUT2D eigenvalue weighted by atomic mass is 79.9. The number of hydrogen-bond acceptors (Lipinski definition) is 2. The van der Waals surface area contributed by atoms with Crippen LogP contribution >= 0.6 is 27.3 Å². The largest absolute Gasteiger partial charge is 0.323 e. The molecule has 0 aliphatic carbocycles. The topological polar surface area (TPSA) is 17.8 Å². The zero-order valence-electron chi connectivity index (χ0n) is 9.35. The fourth-order valence-electron chi connectivity index (χ4n) is 1.99. The number of fused-ring (bicyclic) bond motifs is 1. The summed E-state index contributed by atoms with van der Waals surface area (Å²) in [6.07, 6.45) is 0. The summed E-state index contributed by atoms with van der Waals surface area (Å²) in [6.45, 7) is 2.95. The Hall–Kier alpha value is -1.13. The summed E-state index contributed by atoms with van der Waals surface area (Å²) in [5, 5.41) is 2.11. The zero-order chi connectivity index (χ0) is 11.8. The van der Waals surface area contributed by atoms with E-state index in [1.165, 1.54) is 10.4 Å². The first-order valence-corrected chi connectivity index (χ1v) is 7.06. The van der Waals surface area contributed by atoms with Crippen LogP contribution in [0.1, 0.15) is 10.7 Å². The van der Waals surface area contributed by atoms with Crippen molar-refractivity contribution in [1.29, 1.82) is 0 Å². The Bertz CT molecular complexity index is 669. The highest BCUT2D eigenvalue weighted by Crippen LogP contribution is 2.23. The van der Waals surface area contributed by atoms with Gasteiger partial charge in [0.2, 0.25) is 0 Å². The molecule has 0 saturated heterocycles. The van der Waals surface area contributed by atoms with E-state index in [0.29, 0.717) is 0 Å². The van der Waals surface area contributed by atoms with Crippen molar-refractivity contribution in [2.45, 2.75) is 13.5 Å². The van der Waals surface area contributed by atoms with Crippen LogP contribution in [-0.4, -0.2) is 9.55 Å². The molecule has 2 heterocycles. The van der Waals surface area contributed by atoms with Crippen molar-refractivity contribution in [3.63, 3.8) is 0 Å². The predicted octanol–water partition coefficient (Wildman–Crippen LogP) is 4.22. The first-order chi connectivity index (χ1) is 8.24. The van der Waals surface area contributed by atoms with Crippen molar-refractivity contribution >= 4 is 38.3 Å². The van der Waals surface area contributed by atoms with E-state index < -0.39 is 0 Å². The number of thiophene rings is 1. The van der Waals surface area contributed by atoms with Gasteiger partial charge in [-0.1, -0.05) is 12.1 Å². The quantitative estimate of drug-likeness (QED) is 0.693. The lowest BCUT2D eigenvalue weighted by molar-refractivity contribution is 0.797. The maximum Gasteiger partial charge on any atom is 0.107 e. The summed E-state index contributed by atoms with van der Waals surface area (Å²) in [5.41, 5.74) is 2.27. The first kappa shape index (κ1) is 11.0. The second kappa shape index (κ2) is 4.27. The van der Waals surface area contributed by atoms with Crippen molar-refractivity contribution in [1.82, 2.24) is 9.55 Å². The number of imidazole rings is 1. The molecule has 17 heavy (non-hydrogen) atoms. The van der Waals surface area contributed by atoms with Gasteiger partial charge in [0, 0.05) is 14.7 Å². The minimum Gasteiger partial charge on any atom is -0.323 e. The normalized spacial score (nSPS) is 11.2. The van der Waals surface area contributed by atoms with Gasteiger partial charge in [-0.05, 0) is 41.1 Å². The molecule has 0 bridgehead atoms. The second-order valence-corrected chi connectivity index (χ2v) is 5.88. The molecule has 86 valence electrons. The van der Waals surface area contributed by atoms with Gasteiger partial charge in [0.1, 0.15) is 5.82 Å². The number of aryl methyl sites for hydroxylation is 1. The van der Waals surface area contributed by atoms with Crippen LogP contribution in [0.5, 0.6) is 0 Å². The van der Waals surface area contributed by atoms with Crippen molar-refractivity contribution in [3.8, 4) is 0 Å². The Morgan fingerprint density at radius 1 is 1.35 bits per heavy atom. The number of benzene rings is 1. The van der Waals surface area contributed by atoms with E-state index in [9.17, 15) is 0 Å². The first-order valence-electron chi connectivity index (χ1n) is 5.39. The Morgan fingerprint density at radius 2 is 2.18 bits per heavy atom. The van der Waals surface area contributed by atoms with E-state index in [2.05, 4.69) is 62.1 Å². The fourth-order valence-corrected chi connectivity index (χ4v) is 3.43. The third-order valence-electron chi connectivity index (χ3n) is 2.78. The fraction of sp³-hybridized carbons (Fsp3) is 0.154. The summed E-state index contributed by atoms with van der Waals surface area (Å²) in [6, 6.07) is 10.4. The summed E-state index contributed by atoms with van der Waals surface area (Å²) < 4.78 is 3.41. The Balaban J connectivity index is 2.08. The van der Waals surface area contributed by atoms with Crippen molar-refractivity contribution < 1.29 is 0 Å². The molecule has 0 spiro atoms. The minimum absolute atomic E-state index is 0.891. The van der Waals surface area contributed by atoms with Crippen molar-refractivity contribution in [2.24, 2.45) is 0 Å². The van der Waals surface area contributed by atoms with Gasteiger partial charge >= 0.3 is 0 Å². The third-order valence-corrected chi connectivity index (χ3v) is 4.46. The van der Waals surface area contributed by atoms with Crippen molar-refractivity contribution in [3.05, 3.63) is 50.9 Å². The maximum absolute atomic E-state index is 4.57. The van der Waals surface area contributed by atoms with Gasteiger partial charge in [0.15, 0.2) is 0 Å². The molecule has 0 aliphatic heterocycles. The van der Waals surface area contributed by atoms with Crippen LogP contribution in [-0.2, 0) is 6.54 Å².